The van der Waals surface area contributed by atoms with Gasteiger partial charge in [0.15, 0.2) is 0 Å². The maximum Gasteiger partial charge on any atom is 0.337 e. The quantitative estimate of drug-likeness (QED) is 0.835. The number of nitrogens with zero attached hydrogens (tertiary/aromatic N) is 1. The number of aryl methyl sites for hydroxylation is 1. The normalized spacial score (nSPS) is 10.3. The Morgan fingerprint density at radius 3 is 2.40 bits per heavy atom. The molecule has 0 bridgehead atoms. The molecule has 4 nitrogen and oxygen atoms in total. The van der Waals surface area contributed by atoms with Crippen molar-refractivity contribution < 1.29 is 9.90 Å². The Balaban J connectivity index is 2.49. The summed E-state index contributed by atoms with van der Waals surface area (Å²) < 4.78 is 0. The van der Waals surface area contributed by atoms with Crippen molar-refractivity contribution in [3.05, 3.63) is 53.6 Å². The summed E-state index contributed by atoms with van der Waals surface area (Å²) >= 11 is 0. The third-order valence-corrected chi connectivity index (χ3v) is 3.27. The van der Waals surface area contributed by atoms with Gasteiger partial charge in [-0.3, -0.25) is 0 Å². The van der Waals surface area contributed by atoms with Crippen LogP contribution in [0.1, 0.15) is 22.8 Å². The van der Waals surface area contributed by atoms with Crippen molar-refractivity contribution in [1.82, 2.24) is 0 Å². The number of nitrogen functional groups attached to an aromatic ring is 1. The molecule has 0 saturated carbocycles. The summed E-state index contributed by atoms with van der Waals surface area (Å²) in [6.45, 7) is 4.74. The van der Waals surface area contributed by atoms with Gasteiger partial charge < -0.3 is 15.7 Å². The molecule has 0 aliphatic rings. The van der Waals surface area contributed by atoms with Crippen LogP contribution >= 0.6 is 0 Å². The number of hydrogen-bond donors (Lipinski definition) is 2. The van der Waals surface area contributed by atoms with E-state index in [0.717, 1.165) is 11.4 Å². The predicted molar refractivity (Wildman–Crippen MR) is 81.7 cm³/mol. The first-order chi connectivity index (χ1) is 9.54. The molecule has 0 saturated heterocycles. The third-order valence-electron chi connectivity index (χ3n) is 3.27. The maximum atomic E-state index is 11.2. The van der Waals surface area contributed by atoms with Crippen LogP contribution in [0.5, 0.6) is 0 Å². The molecule has 0 heterocycles. The second kappa shape index (κ2) is 5.65. The van der Waals surface area contributed by atoms with Gasteiger partial charge in [-0.2, -0.15) is 0 Å². The summed E-state index contributed by atoms with van der Waals surface area (Å²) in [5.74, 6) is -1.01. The monoisotopic (exact) mass is 270 g/mol. The molecule has 2 aromatic carbocycles. The predicted octanol–water partition coefficient (Wildman–Crippen LogP) is 3.43. The molecule has 104 valence electrons. The van der Waals surface area contributed by atoms with Gasteiger partial charge in [0.1, 0.15) is 0 Å². The number of aromatic carboxylic acids is 1. The van der Waals surface area contributed by atoms with Crippen LogP contribution in [0, 0.1) is 6.92 Å². The fourth-order valence-corrected chi connectivity index (χ4v) is 2.19. The van der Waals surface area contributed by atoms with Gasteiger partial charge in [-0.25, -0.2) is 4.79 Å². The van der Waals surface area contributed by atoms with Gasteiger partial charge >= 0.3 is 5.97 Å². The van der Waals surface area contributed by atoms with Crippen molar-refractivity contribution >= 4 is 23.0 Å². The average Bonchev–Trinajstić information content (AvgIpc) is 2.43. The number of carboxylic acid groups (broad SMARTS) is 1. The van der Waals surface area contributed by atoms with E-state index < -0.39 is 5.97 Å². The Bertz CT molecular complexity index is 621. The smallest absolute Gasteiger partial charge is 0.337 e. The molecule has 0 unspecified atom stereocenters. The van der Waals surface area contributed by atoms with Crippen molar-refractivity contribution in [1.29, 1.82) is 0 Å². The molecule has 0 aliphatic carbocycles. The van der Waals surface area contributed by atoms with E-state index in [0.29, 0.717) is 12.2 Å². The van der Waals surface area contributed by atoms with Gasteiger partial charge in [-0.15, -0.1) is 0 Å². The third kappa shape index (κ3) is 2.59. The summed E-state index contributed by atoms with van der Waals surface area (Å²) in [5.41, 5.74) is 9.32. The molecule has 0 radical (unpaired) electrons. The van der Waals surface area contributed by atoms with E-state index in [1.54, 1.807) is 6.07 Å². The van der Waals surface area contributed by atoms with E-state index in [2.05, 4.69) is 0 Å². The number of para-hydroxylation sites is 1. The topological polar surface area (TPSA) is 66.6 Å². The summed E-state index contributed by atoms with van der Waals surface area (Å²) in [7, 11) is 0. The number of carbonyl (C=O) groups is 1. The Morgan fingerprint density at radius 2 is 1.85 bits per heavy atom. The zero-order chi connectivity index (χ0) is 14.7. The second-order valence-electron chi connectivity index (χ2n) is 4.62. The van der Waals surface area contributed by atoms with Crippen molar-refractivity contribution in [2.45, 2.75) is 13.8 Å². The molecule has 0 aliphatic heterocycles. The zero-order valence-electron chi connectivity index (χ0n) is 11.6. The lowest BCUT2D eigenvalue weighted by atomic mass is 10.1. The second-order valence-corrected chi connectivity index (χ2v) is 4.62. The van der Waals surface area contributed by atoms with Gasteiger partial charge in [0.2, 0.25) is 0 Å². The van der Waals surface area contributed by atoms with Crippen molar-refractivity contribution in [2.75, 3.05) is 17.2 Å². The Hall–Kier alpha value is -2.49. The number of carboxylic acids is 1. The first-order valence-corrected chi connectivity index (χ1v) is 6.50. The summed E-state index contributed by atoms with van der Waals surface area (Å²) in [5, 5.41) is 9.15. The minimum Gasteiger partial charge on any atom is -0.478 e. The van der Waals surface area contributed by atoms with E-state index in [1.807, 2.05) is 49.1 Å². The number of rotatable bonds is 4. The van der Waals surface area contributed by atoms with Crippen molar-refractivity contribution in [3.63, 3.8) is 0 Å². The van der Waals surface area contributed by atoms with E-state index >= 15 is 0 Å². The van der Waals surface area contributed by atoms with Crippen LogP contribution in [-0.4, -0.2) is 17.6 Å². The summed E-state index contributed by atoms with van der Waals surface area (Å²) in [4.78, 5) is 13.2. The van der Waals surface area contributed by atoms with Gasteiger partial charge in [0, 0.05) is 12.2 Å². The molecule has 0 spiro atoms. The summed E-state index contributed by atoms with van der Waals surface area (Å²) in [6.07, 6.45) is 0. The zero-order valence-corrected chi connectivity index (χ0v) is 11.6. The molecule has 0 fully saturated rings. The van der Waals surface area contributed by atoms with Crippen LogP contribution in [0.15, 0.2) is 42.5 Å². The first kappa shape index (κ1) is 13.9. The van der Waals surface area contributed by atoms with E-state index in [9.17, 15) is 4.79 Å². The lowest BCUT2D eigenvalue weighted by Gasteiger charge is -2.25. The highest BCUT2D eigenvalue weighted by Crippen LogP contribution is 2.32. The van der Waals surface area contributed by atoms with Gasteiger partial charge in [0.05, 0.1) is 16.9 Å². The fourth-order valence-electron chi connectivity index (χ4n) is 2.19. The molecular formula is C16H18N2O2. The maximum absolute atomic E-state index is 11.2. The Kier molecular flexibility index (Phi) is 3.94. The van der Waals surface area contributed by atoms with Crippen LogP contribution < -0.4 is 10.6 Å². The Morgan fingerprint density at radius 1 is 1.20 bits per heavy atom. The van der Waals surface area contributed by atoms with E-state index in [1.165, 1.54) is 11.6 Å². The van der Waals surface area contributed by atoms with E-state index in [4.69, 9.17) is 10.8 Å². The van der Waals surface area contributed by atoms with Crippen LogP contribution in [0.2, 0.25) is 0 Å². The number of anilines is 3. The van der Waals surface area contributed by atoms with Gasteiger partial charge in [-0.1, -0.05) is 23.8 Å². The van der Waals surface area contributed by atoms with Crippen LogP contribution in [-0.2, 0) is 0 Å². The number of hydrogen-bond acceptors (Lipinski definition) is 3. The number of nitrogens with two attached hydrogens (primary N) is 1. The fraction of sp³-hybridized carbons (Fsp3) is 0.188. The van der Waals surface area contributed by atoms with Crippen LogP contribution in [0.3, 0.4) is 0 Å². The highest BCUT2D eigenvalue weighted by Gasteiger charge is 2.16. The first-order valence-electron chi connectivity index (χ1n) is 6.50. The molecule has 2 aromatic rings. The van der Waals surface area contributed by atoms with Gasteiger partial charge in [0.25, 0.3) is 0 Å². The molecule has 3 N–H and O–H groups in total. The van der Waals surface area contributed by atoms with Gasteiger partial charge in [-0.05, 0) is 38.1 Å². The lowest BCUT2D eigenvalue weighted by molar-refractivity contribution is 0.0698. The standard InChI is InChI=1S/C16H18N2O2/c1-3-18(12-9-7-11(2)8-10-12)14-6-4-5-13(15(14)17)16(19)20/h4-10H,3,17H2,1-2H3,(H,19,20). The molecule has 20 heavy (non-hydrogen) atoms. The minimum absolute atomic E-state index is 0.132. The molecule has 0 amide bonds. The number of benzene rings is 2. The largest absolute Gasteiger partial charge is 0.478 e. The van der Waals surface area contributed by atoms with Crippen molar-refractivity contribution in [3.8, 4) is 0 Å². The average molecular weight is 270 g/mol. The molecular weight excluding hydrogens is 252 g/mol. The highest BCUT2D eigenvalue weighted by molar-refractivity contribution is 5.98. The SMILES string of the molecule is CCN(c1ccc(C)cc1)c1cccc(C(=O)O)c1N. The molecule has 4 heteroatoms. The van der Waals surface area contributed by atoms with Crippen LogP contribution in [0.4, 0.5) is 17.1 Å². The van der Waals surface area contributed by atoms with E-state index in [-0.39, 0.29) is 5.56 Å². The Labute approximate surface area is 118 Å². The summed E-state index contributed by atoms with van der Waals surface area (Å²) in [6, 6.07) is 13.1. The van der Waals surface area contributed by atoms with Crippen molar-refractivity contribution in [2.24, 2.45) is 0 Å². The van der Waals surface area contributed by atoms with Crippen LogP contribution in [0.25, 0.3) is 0 Å². The minimum atomic E-state index is -1.01. The molecule has 2 rings (SSSR count). The lowest BCUT2D eigenvalue weighted by Crippen LogP contribution is -2.18. The molecule has 0 atom stereocenters. The molecule has 0 aromatic heterocycles. The highest BCUT2D eigenvalue weighted by atomic mass is 16.4.